The van der Waals surface area contributed by atoms with Crippen LogP contribution in [0.1, 0.15) is 40.9 Å². The summed E-state index contributed by atoms with van der Waals surface area (Å²) in [7, 11) is 1.58. The van der Waals surface area contributed by atoms with Crippen molar-refractivity contribution in [2.75, 3.05) is 30.4 Å². The topological polar surface area (TPSA) is 92.3 Å². The van der Waals surface area contributed by atoms with E-state index in [1.54, 1.807) is 19.5 Å². The van der Waals surface area contributed by atoms with E-state index >= 15 is 0 Å². The van der Waals surface area contributed by atoms with E-state index in [4.69, 9.17) is 21.3 Å². The number of ether oxygens (including phenoxy) is 1. The highest BCUT2D eigenvalue weighted by Gasteiger charge is 2.48. The summed E-state index contributed by atoms with van der Waals surface area (Å²) in [5.41, 5.74) is 2.57. The molecule has 1 amide bonds. The summed E-state index contributed by atoms with van der Waals surface area (Å²) >= 11 is 6.28. The van der Waals surface area contributed by atoms with Crippen molar-refractivity contribution in [3.05, 3.63) is 70.6 Å². The molecular formula is C25H27ClN6O2. The van der Waals surface area contributed by atoms with Crippen molar-refractivity contribution in [2.24, 2.45) is 5.41 Å². The summed E-state index contributed by atoms with van der Waals surface area (Å²) in [6, 6.07) is 11.2. The van der Waals surface area contributed by atoms with Gasteiger partial charge in [0.05, 0.1) is 24.4 Å². The second-order valence-electron chi connectivity index (χ2n) is 8.93. The van der Waals surface area contributed by atoms with Crippen molar-refractivity contribution >= 4 is 29.3 Å². The molecule has 0 bridgehead atoms. The summed E-state index contributed by atoms with van der Waals surface area (Å²) in [5, 5.41) is 6.77. The van der Waals surface area contributed by atoms with Gasteiger partial charge in [0.1, 0.15) is 17.1 Å². The maximum Gasteiger partial charge on any atom is 0.256 e. The number of pyridine rings is 1. The number of halogens is 1. The zero-order valence-electron chi connectivity index (χ0n) is 19.1. The molecule has 8 nitrogen and oxygen atoms in total. The van der Waals surface area contributed by atoms with Gasteiger partial charge in [-0.15, -0.1) is 0 Å². The second-order valence-corrected chi connectivity index (χ2v) is 9.34. The maximum atomic E-state index is 13.0. The van der Waals surface area contributed by atoms with E-state index < -0.39 is 0 Å². The SMILES string of the molecule is COc1ccc(CNc2nc(N3CCC4(CC4)C3)ncc2C(=O)NCc2ccccn2)cc1Cl. The van der Waals surface area contributed by atoms with Crippen LogP contribution in [0.2, 0.25) is 5.02 Å². The lowest BCUT2D eigenvalue weighted by atomic mass is 10.1. The molecular weight excluding hydrogens is 452 g/mol. The fraction of sp³-hybridized carbons (Fsp3) is 0.360. The highest BCUT2D eigenvalue weighted by molar-refractivity contribution is 6.32. The first kappa shape index (κ1) is 22.4. The smallest absolute Gasteiger partial charge is 0.256 e. The van der Waals surface area contributed by atoms with Crippen LogP contribution in [-0.2, 0) is 13.1 Å². The Balaban J connectivity index is 1.35. The molecule has 1 aliphatic heterocycles. The summed E-state index contributed by atoms with van der Waals surface area (Å²) < 4.78 is 5.23. The number of rotatable bonds is 8. The predicted molar refractivity (Wildman–Crippen MR) is 131 cm³/mol. The highest BCUT2D eigenvalue weighted by Crippen LogP contribution is 2.53. The van der Waals surface area contributed by atoms with Gasteiger partial charge in [-0.1, -0.05) is 23.7 Å². The van der Waals surface area contributed by atoms with Crippen molar-refractivity contribution in [1.82, 2.24) is 20.3 Å². The molecule has 2 fully saturated rings. The highest BCUT2D eigenvalue weighted by atomic mass is 35.5. The van der Waals surface area contributed by atoms with Gasteiger partial charge in [0.15, 0.2) is 0 Å². The Morgan fingerprint density at radius 3 is 2.76 bits per heavy atom. The van der Waals surface area contributed by atoms with Crippen LogP contribution >= 0.6 is 11.6 Å². The second kappa shape index (κ2) is 9.46. The Bertz CT molecular complexity index is 1190. The van der Waals surface area contributed by atoms with Crippen molar-refractivity contribution in [1.29, 1.82) is 0 Å². The molecule has 5 rings (SSSR count). The maximum absolute atomic E-state index is 13.0. The normalized spacial score (nSPS) is 15.9. The Labute approximate surface area is 203 Å². The zero-order valence-corrected chi connectivity index (χ0v) is 19.8. The fourth-order valence-corrected chi connectivity index (χ4v) is 4.57. The van der Waals surface area contributed by atoms with Crippen molar-refractivity contribution in [3.8, 4) is 5.75 Å². The molecule has 3 heterocycles. The van der Waals surface area contributed by atoms with Gasteiger partial charge in [-0.05, 0) is 54.5 Å². The van der Waals surface area contributed by atoms with Crippen LogP contribution in [0.4, 0.5) is 11.8 Å². The lowest BCUT2D eigenvalue weighted by molar-refractivity contribution is 0.0950. The molecule has 1 saturated carbocycles. The first-order chi connectivity index (χ1) is 16.5. The van der Waals surface area contributed by atoms with E-state index in [-0.39, 0.29) is 5.91 Å². The molecule has 0 atom stereocenters. The van der Waals surface area contributed by atoms with E-state index in [1.165, 1.54) is 19.3 Å². The lowest BCUT2D eigenvalue weighted by Crippen LogP contribution is -2.27. The Hall–Kier alpha value is -3.39. The first-order valence-electron chi connectivity index (χ1n) is 11.4. The van der Waals surface area contributed by atoms with Gasteiger partial charge < -0.3 is 20.3 Å². The molecule has 3 aromatic rings. The van der Waals surface area contributed by atoms with Gasteiger partial charge in [0.2, 0.25) is 5.95 Å². The minimum absolute atomic E-state index is 0.257. The predicted octanol–water partition coefficient (Wildman–Crippen LogP) is 4.07. The van der Waals surface area contributed by atoms with Gasteiger partial charge in [-0.2, -0.15) is 4.98 Å². The van der Waals surface area contributed by atoms with Gasteiger partial charge >= 0.3 is 0 Å². The van der Waals surface area contributed by atoms with Crippen molar-refractivity contribution in [2.45, 2.75) is 32.4 Å². The lowest BCUT2D eigenvalue weighted by Gasteiger charge is -2.19. The van der Waals surface area contributed by atoms with Gasteiger partial charge in [-0.3, -0.25) is 9.78 Å². The van der Waals surface area contributed by atoms with Gasteiger partial charge in [0, 0.05) is 32.0 Å². The van der Waals surface area contributed by atoms with Crippen LogP contribution in [-0.4, -0.2) is 41.1 Å². The number of carbonyl (C=O) groups excluding carboxylic acids is 1. The van der Waals surface area contributed by atoms with Crippen LogP contribution in [0.3, 0.4) is 0 Å². The van der Waals surface area contributed by atoms with E-state index in [1.807, 2.05) is 36.4 Å². The van der Waals surface area contributed by atoms with Gasteiger partial charge in [0.25, 0.3) is 5.91 Å². The zero-order chi connectivity index (χ0) is 23.5. The number of nitrogens with zero attached hydrogens (tertiary/aromatic N) is 4. The average molecular weight is 479 g/mol. The van der Waals surface area contributed by atoms with Crippen LogP contribution in [0.25, 0.3) is 0 Å². The number of amides is 1. The minimum Gasteiger partial charge on any atom is -0.495 e. The molecule has 1 saturated heterocycles. The number of hydrogen-bond acceptors (Lipinski definition) is 7. The first-order valence-corrected chi connectivity index (χ1v) is 11.8. The fourth-order valence-electron chi connectivity index (χ4n) is 4.29. The average Bonchev–Trinajstić information content (AvgIpc) is 3.50. The number of aromatic nitrogens is 3. The minimum atomic E-state index is -0.257. The third-order valence-electron chi connectivity index (χ3n) is 6.53. The van der Waals surface area contributed by atoms with Crippen LogP contribution < -0.4 is 20.3 Å². The van der Waals surface area contributed by atoms with E-state index in [2.05, 4.69) is 25.5 Å². The van der Waals surface area contributed by atoms with E-state index in [0.717, 1.165) is 24.3 Å². The Morgan fingerprint density at radius 2 is 2.06 bits per heavy atom. The van der Waals surface area contributed by atoms with E-state index in [9.17, 15) is 4.79 Å². The van der Waals surface area contributed by atoms with E-state index in [0.29, 0.717) is 46.6 Å². The van der Waals surface area contributed by atoms with Gasteiger partial charge in [-0.25, -0.2) is 4.98 Å². The standard InChI is InChI=1S/C25H27ClN6O2/c1-34-21-6-5-17(12-20(21)26)13-28-22-19(23(33)29-14-18-4-2-3-10-27-18)15-30-24(31-22)32-11-9-25(16-32)7-8-25/h2-6,10,12,15H,7-9,11,13-14,16H2,1H3,(H,29,33)(H,28,30,31). The van der Waals surface area contributed by atoms with Crippen LogP contribution in [0, 0.1) is 5.41 Å². The third-order valence-corrected chi connectivity index (χ3v) is 6.83. The number of nitrogens with one attached hydrogen (secondary N) is 2. The molecule has 2 N–H and O–H groups in total. The summed E-state index contributed by atoms with van der Waals surface area (Å²) in [6.45, 7) is 2.69. The summed E-state index contributed by atoms with van der Waals surface area (Å²) in [6.07, 6.45) is 7.05. The molecule has 1 aliphatic carbocycles. The Morgan fingerprint density at radius 1 is 1.18 bits per heavy atom. The number of hydrogen-bond donors (Lipinski definition) is 2. The number of carbonyl (C=O) groups is 1. The van der Waals surface area contributed by atoms with Crippen LogP contribution in [0.5, 0.6) is 5.75 Å². The molecule has 1 aromatic carbocycles. The molecule has 0 radical (unpaired) electrons. The molecule has 34 heavy (non-hydrogen) atoms. The third kappa shape index (κ3) is 4.92. The van der Waals surface area contributed by atoms with Crippen molar-refractivity contribution < 1.29 is 9.53 Å². The number of methoxy groups -OCH3 is 1. The molecule has 176 valence electrons. The van der Waals surface area contributed by atoms with Crippen molar-refractivity contribution in [3.63, 3.8) is 0 Å². The van der Waals surface area contributed by atoms with Crippen LogP contribution in [0.15, 0.2) is 48.8 Å². The molecule has 1 spiro atoms. The molecule has 2 aromatic heterocycles. The summed E-state index contributed by atoms with van der Waals surface area (Å²) in [5.74, 6) is 1.51. The monoisotopic (exact) mass is 478 g/mol. The molecule has 9 heteroatoms. The Kier molecular flexibility index (Phi) is 6.24. The summed E-state index contributed by atoms with van der Waals surface area (Å²) in [4.78, 5) is 28.8. The number of benzene rings is 1. The largest absolute Gasteiger partial charge is 0.495 e. The quantitative estimate of drug-likeness (QED) is 0.504. The number of anilines is 2. The molecule has 2 aliphatic rings. The molecule has 0 unspecified atom stereocenters.